The fraction of sp³-hybridized carbons (Fsp3) is 0.250. The number of nitrogens with zero attached hydrogens (tertiary/aromatic N) is 1. The number of nitro benzene ring substituents is 1. The fourth-order valence-electron chi connectivity index (χ4n) is 1.87. The summed E-state index contributed by atoms with van der Waals surface area (Å²) in [6.07, 6.45) is 0. The normalized spacial score (nSPS) is 11.3. The van der Waals surface area contributed by atoms with E-state index in [1.807, 2.05) is 13.8 Å². The van der Waals surface area contributed by atoms with E-state index in [4.69, 9.17) is 14.7 Å². The topological polar surface area (TPSA) is 122 Å². The number of ether oxygens (including phenoxy) is 1. The monoisotopic (exact) mass is 366 g/mol. The lowest BCUT2D eigenvalue weighted by Crippen LogP contribution is -2.10. The van der Waals surface area contributed by atoms with Crippen LogP contribution in [0.2, 0.25) is 0 Å². The summed E-state index contributed by atoms with van der Waals surface area (Å²) in [7, 11) is -4.14. The van der Waals surface area contributed by atoms with Crippen LogP contribution in [0.3, 0.4) is 0 Å². The molecule has 0 atom stereocenters. The molecule has 0 saturated carbocycles. The molecule has 0 aliphatic carbocycles. The number of nitro groups is 1. The summed E-state index contributed by atoms with van der Waals surface area (Å²) >= 11 is 0. The first-order valence-electron chi connectivity index (χ1n) is 7.40. The van der Waals surface area contributed by atoms with Gasteiger partial charge in [0.1, 0.15) is 22.1 Å². The van der Waals surface area contributed by atoms with Crippen molar-refractivity contribution in [3.8, 4) is 11.5 Å². The Kier molecular flexibility index (Phi) is 5.48. The molecule has 0 aliphatic rings. The van der Waals surface area contributed by atoms with Gasteiger partial charge in [0.15, 0.2) is 0 Å². The van der Waals surface area contributed by atoms with Gasteiger partial charge in [-0.2, -0.15) is 8.42 Å². The van der Waals surface area contributed by atoms with Gasteiger partial charge < -0.3 is 14.7 Å². The zero-order valence-electron chi connectivity index (χ0n) is 13.7. The van der Waals surface area contributed by atoms with E-state index in [2.05, 4.69) is 0 Å². The Morgan fingerprint density at radius 2 is 1.72 bits per heavy atom. The number of anilines is 1. The predicted molar refractivity (Wildman–Crippen MR) is 92.1 cm³/mol. The molecule has 2 aromatic carbocycles. The Labute approximate surface area is 145 Å². The lowest BCUT2D eigenvalue weighted by atomic mass is 10.2. The van der Waals surface area contributed by atoms with Crippen LogP contribution in [0.1, 0.15) is 13.8 Å². The molecule has 2 N–H and O–H groups in total. The Morgan fingerprint density at radius 1 is 1.12 bits per heavy atom. The van der Waals surface area contributed by atoms with Crippen LogP contribution >= 0.6 is 0 Å². The minimum absolute atomic E-state index is 0.0820. The van der Waals surface area contributed by atoms with Crippen LogP contribution in [-0.2, 0) is 10.1 Å². The minimum atomic E-state index is -4.14. The average molecular weight is 366 g/mol. The van der Waals surface area contributed by atoms with Crippen molar-refractivity contribution in [1.29, 1.82) is 0 Å². The third-order valence-corrected chi connectivity index (χ3v) is 4.36. The van der Waals surface area contributed by atoms with Crippen LogP contribution in [0.5, 0.6) is 11.5 Å². The third-order valence-electron chi connectivity index (χ3n) is 3.10. The van der Waals surface area contributed by atoms with E-state index in [9.17, 15) is 18.5 Å². The lowest BCUT2D eigenvalue weighted by molar-refractivity contribution is -0.383. The van der Waals surface area contributed by atoms with Crippen molar-refractivity contribution in [2.45, 2.75) is 18.7 Å². The average Bonchev–Trinajstić information content (AvgIpc) is 2.54. The van der Waals surface area contributed by atoms with Gasteiger partial charge in [-0.15, -0.1) is 0 Å². The van der Waals surface area contributed by atoms with E-state index in [0.29, 0.717) is 18.3 Å². The van der Waals surface area contributed by atoms with Gasteiger partial charge in [-0.05, 0) is 42.3 Å². The summed E-state index contributed by atoms with van der Waals surface area (Å²) in [5, 5.41) is 10.9. The Hall–Kier alpha value is -2.81. The smallest absolute Gasteiger partial charge is 0.339 e. The zero-order chi connectivity index (χ0) is 18.6. The number of hydrogen-bond donors (Lipinski definition) is 1. The SMILES string of the molecule is CC(C)COc1ccc(S(=O)(=O)Oc2ccc(N)c([N+](=O)[O-])c2)cc1. The van der Waals surface area contributed by atoms with Crippen molar-refractivity contribution in [2.24, 2.45) is 5.92 Å². The standard InChI is InChI=1S/C16H18N2O6S/c1-11(2)10-23-12-3-6-14(7-4-12)25(21,22)24-13-5-8-15(17)16(9-13)18(19)20/h3-9,11H,10,17H2,1-2H3. The second-order valence-electron chi connectivity index (χ2n) is 5.69. The fourth-order valence-corrected chi connectivity index (χ4v) is 2.80. The van der Waals surface area contributed by atoms with Crippen LogP contribution in [-0.4, -0.2) is 19.9 Å². The highest BCUT2D eigenvalue weighted by atomic mass is 32.2. The highest BCUT2D eigenvalue weighted by molar-refractivity contribution is 7.87. The van der Waals surface area contributed by atoms with Gasteiger partial charge in [0.05, 0.1) is 17.6 Å². The van der Waals surface area contributed by atoms with E-state index in [1.165, 1.54) is 36.4 Å². The molecule has 0 spiro atoms. The molecular formula is C16H18N2O6S. The van der Waals surface area contributed by atoms with Crippen LogP contribution in [0.4, 0.5) is 11.4 Å². The molecule has 9 heteroatoms. The van der Waals surface area contributed by atoms with Gasteiger partial charge in [0.25, 0.3) is 5.69 Å². The van der Waals surface area contributed by atoms with Crippen molar-refractivity contribution in [1.82, 2.24) is 0 Å². The molecule has 8 nitrogen and oxygen atoms in total. The summed E-state index contributed by atoms with van der Waals surface area (Å²) in [4.78, 5) is 10.1. The first-order chi connectivity index (χ1) is 11.7. The first-order valence-corrected chi connectivity index (χ1v) is 8.81. The van der Waals surface area contributed by atoms with Crippen molar-refractivity contribution >= 4 is 21.5 Å². The summed E-state index contributed by atoms with van der Waals surface area (Å²) in [5.74, 6) is 0.685. The first kappa shape index (κ1) is 18.5. The van der Waals surface area contributed by atoms with E-state index in [0.717, 1.165) is 6.07 Å². The van der Waals surface area contributed by atoms with E-state index < -0.39 is 20.7 Å². The third kappa shape index (κ3) is 4.83. The van der Waals surface area contributed by atoms with Gasteiger partial charge >= 0.3 is 10.1 Å². The number of benzene rings is 2. The molecule has 134 valence electrons. The highest BCUT2D eigenvalue weighted by Gasteiger charge is 2.20. The van der Waals surface area contributed by atoms with Crippen LogP contribution in [0.15, 0.2) is 47.4 Å². The van der Waals surface area contributed by atoms with Gasteiger partial charge in [-0.1, -0.05) is 13.8 Å². The number of rotatable bonds is 7. The Bertz CT molecular complexity index is 863. The zero-order valence-corrected chi connectivity index (χ0v) is 14.5. The number of nitrogens with two attached hydrogens (primary N) is 1. The maximum Gasteiger partial charge on any atom is 0.339 e. The van der Waals surface area contributed by atoms with Crippen LogP contribution in [0, 0.1) is 16.0 Å². The maximum atomic E-state index is 12.3. The Balaban J connectivity index is 2.19. The predicted octanol–water partition coefficient (Wildman–Crippen LogP) is 2.98. The molecule has 2 aromatic rings. The summed E-state index contributed by atoms with van der Waals surface area (Å²) in [6, 6.07) is 9.15. The van der Waals surface area contributed by atoms with Gasteiger partial charge in [0, 0.05) is 0 Å². The minimum Gasteiger partial charge on any atom is -0.493 e. The van der Waals surface area contributed by atoms with Crippen molar-refractivity contribution in [3.05, 3.63) is 52.6 Å². The molecule has 2 rings (SSSR count). The quantitative estimate of drug-likeness (QED) is 0.346. The molecular weight excluding hydrogens is 348 g/mol. The van der Waals surface area contributed by atoms with E-state index in [1.54, 1.807) is 0 Å². The Morgan fingerprint density at radius 3 is 2.28 bits per heavy atom. The summed E-state index contributed by atoms with van der Waals surface area (Å²) < 4.78 is 35.0. The van der Waals surface area contributed by atoms with E-state index in [-0.39, 0.29) is 16.3 Å². The van der Waals surface area contributed by atoms with Crippen LogP contribution in [0.25, 0.3) is 0 Å². The van der Waals surface area contributed by atoms with Crippen LogP contribution < -0.4 is 14.7 Å². The number of nitrogen functional groups attached to an aromatic ring is 1. The largest absolute Gasteiger partial charge is 0.493 e. The molecule has 0 fully saturated rings. The summed E-state index contributed by atoms with van der Waals surface area (Å²) in [5.41, 5.74) is 4.96. The highest BCUT2D eigenvalue weighted by Crippen LogP contribution is 2.28. The summed E-state index contributed by atoms with van der Waals surface area (Å²) in [6.45, 7) is 4.51. The second-order valence-corrected chi connectivity index (χ2v) is 7.24. The van der Waals surface area contributed by atoms with Crippen molar-refractivity contribution < 1.29 is 22.3 Å². The van der Waals surface area contributed by atoms with Gasteiger partial charge in [-0.25, -0.2) is 0 Å². The molecule has 0 saturated heterocycles. The van der Waals surface area contributed by atoms with Gasteiger partial charge in [-0.3, -0.25) is 10.1 Å². The van der Waals surface area contributed by atoms with E-state index >= 15 is 0 Å². The van der Waals surface area contributed by atoms with Crippen molar-refractivity contribution in [3.63, 3.8) is 0 Å². The van der Waals surface area contributed by atoms with Crippen molar-refractivity contribution in [2.75, 3.05) is 12.3 Å². The molecule has 0 amide bonds. The molecule has 25 heavy (non-hydrogen) atoms. The second kappa shape index (κ2) is 7.39. The number of hydrogen-bond acceptors (Lipinski definition) is 7. The molecule has 0 aliphatic heterocycles. The maximum absolute atomic E-state index is 12.3. The molecule has 0 unspecified atom stereocenters. The van der Waals surface area contributed by atoms with Gasteiger partial charge in [0.2, 0.25) is 0 Å². The molecule has 0 aromatic heterocycles. The lowest BCUT2D eigenvalue weighted by Gasteiger charge is -2.10. The molecule has 0 bridgehead atoms. The molecule has 0 heterocycles. The molecule has 0 radical (unpaired) electrons.